The maximum absolute atomic E-state index is 15.8. The van der Waals surface area contributed by atoms with Crippen molar-refractivity contribution in [3.8, 4) is 11.1 Å². The van der Waals surface area contributed by atoms with E-state index in [2.05, 4.69) is 21.5 Å². The number of nitrogens with one attached hydrogen (secondary N) is 2. The molecule has 1 saturated carbocycles. The number of aromatic amines is 2. The maximum Gasteiger partial charge on any atom is 0.417 e. The summed E-state index contributed by atoms with van der Waals surface area (Å²) in [6, 6.07) is 0.557. The molecule has 2 N–H and O–H groups in total. The second kappa shape index (κ2) is 10.4. The SMILES string of the molecule is C=CC(=O)N1[C@H](C)CN(c2nc(=O)n3c4c(c(-c5c(F)cc(F)c6[nH]c(=O)[nH]c56)c(C(F)(F)F)cc24)SCC2(CCC2)C3)C[C@@H]1C. The summed E-state index contributed by atoms with van der Waals surface area (Å²) in [6.07, 6.45) is -1.44. The maximum atomic E-state index is 15.8. The van der Waals surface area contributed by atoms with Gasteiger partial charge in [-0.15, -0.1) is 11.8 Å². The van der Waals surface area contributed by atoms with Crippen LogP contribution in [0, 0.1) is 17.0 Å². The van der Waals surface area contributed by atoms with E-state index in [0.29, 0.717) is 11.8 Å². The number of hydrogen-bond acceptors (Lipinski definition) is 6. The number of carbonyl (C=O) groups excluding carboxylic acids is 1. The Hall–Kier alpha value is -4.14. The molecule has 1 saturated heterocycles. The number of aromatic nitrogens is 4. The van der Waals surface area contributed by atoms with Crippen LogP contribution in [-0.2, 0) is 17.5 Å². The number of rotatable bonds is 3. The highest BCUT2D eigenvalue weighted by molar-refractivity contribution is 7.99. The van der Waals surface area contributed by atoms with E-state index in [9.17, 15) is 18.8 Å². The lowest BCUT2D eigenvalue weighted by atomic mass is 9.70. The van der Waals surface area contributed by atoms with E-state index in [4.69, 9.17) is 0 Å². The molecule has 7 rings (SSSR count). The first kappa shape index (κ1) is 30.5. The fraction of sp³-hybridized carbons (Fsp3) is 0.419. The molecule has 2 fully saturated rings. The number of H-pyrrole nitrogens is 2. The van der Waals surface area contributed by atoms with Crippen molar-refractivity contribution in [2.24, 2.45) is 5.41 Å². The first-order chi connectivity index (χ1) is 21.7. The van der Waals surface area contributed by atoms with E-state index in [1.165, 1.54) is 10.6 Å². The van der Waals surface area contributed by atoms with Crippen molar-refractivity contribution in [1.29, 1.82) is 0 Å². The molecule has 2 aromatic carbocycles. The fourth-order valence-corrected chi connectivity index (χ4v) is 8.93. The Balaban J connectivity index is 1.57. The van der Waals surface area contributed by atoms with Gasteiger partial charge >= 0.3 is 17.6 Å². The standard InChI is InChI=1S/C31H29F5N6O3S/c1-4-20(43)42-14(2)10-40(11-15(42)3)27-16-8-17(31(34,35)36)21(22-18(32)9-19(33)23-24(22)38-28(44)37-23)26-25(16)41(29(45)39-27)12-30(13-46-26)6-5-7-30/h4,8-9,14-15H,1,5-7,10-13H2,2-3H3,(H2,37,38,44)/t14-,15+. The molecule has 4 heterocycles. The number of piperazine rings is 1. The van der Waals surface area contributed by atoms with E-state index < -0.39 is 56.9 Å². The molecule has 1 aliphatic carbocycles. The van der Waals surface area contributed by atoms with Crippen LogP contribution in [0.15, 0.2) is 39.3 Å². The number of benzene rings is 2. The van der Waals surface area contributed by atoms with E-state index >= 15 is 17.6 Å². The number of thioether (sulfide) groups is 1. The van der Waals surface area contributed by atoms with Gasteiger partial charge in [0.2, 0.25) is 5.91 Å². The number of amides is 1. The second-order valence-electron chi connectivity index (χ2n) is 12.6. The molecule has 0 bridgehead atoms. The number of hydrogen-bond donors (Lipinski definition) is 2. The van der Waals surface area contributed by atoms with Crippen molar-refractivity contribution < 1.29 is 26.7 Å². The van der Waals surface area contributed by atoms with Crippen molar-refractivity contribution in [3.63, 3.8) is 0 Å². The minimum atomic E-state index is -5.03. The van der Waals surface area contributed by atoms with Crippen LogP contribution >= 0.6 is 11.8 Å². The third kappa shape index (κ3) is 4.56. The molecule has 4 aromatic rings. The van der Waals surface area contributed by atoms with Gasteiger partial charge in [-0.3, -0.25) is 9.36 Å². The van der Waals surface area contributed by atoms with Gasteiger partial charge in [-0.2, -0.15) is 18.2 Å². The van der Waals surface area contributed by atoms with Crippen LogP contribution in [-0.4, -0.2) is 61.3 Å². The third-order valence-electron chi connectivity index (χ3n) is 9.54. The van der Waals surface area contributed by atoms with Crippen LogP contribution in [0.2, 0.25) is 0 Å². The number of alkyl halides is 3. The predicted octanol–water partition coefficient (Wildman–Crippen LogP) is 5.42. The Kier molecular flexibility index (Phi) is 6.92. The zero-order chi connectivity index (χ0) is 32.9. The lowest BCUT2D eigenvalue weighted by Gasteiger charge is -2.45. The molecule has 3 aliphatic rings. The van der Waals surface area contributed by atoms with Gasteiger partial charge in [-0.05, 0) is 44.2 Å². The number of carbonyl (C=O) groups is 1. The molecule has 46 heavy (non-hydrogen) atoms. The molecule has 2 aliphatic heterocycles. The number of halogens is 5. The number of imidazole rings is 1. The summed E-state index contributed by atoms with van der Waals surface area (Å²) in [5, 5.41) is 0.0544. The van der Waals surface area contributed by atoms with Crippen molar-refractivity contribution in [2.75, 3.05) is 23.7 Å². The lowest BCUT2D eigenvalue weighted by Crippen LogP contribution is -2.58. The van der Waals surface area contributed by atoms with E-state index in [0.717, 1.165) is 37.1 Å². The van der Waals surface area contributed by atoms with E-state index in [1.807, 2.05) is 0 Å². The molecule has 2 atom stereocenters. The fourth-order valence-electron chi connectivity index (χ4n) is 7.38. The zero-order valence-electron chi connectivity index (χ0n) is 24.9. The van der Waals surface area contributed by atoms with Gasteiger partial charge in [0.05, 0.1) is 16.6 Å². The number of fused-ring (bicyclic) bond motifs is 1. The molecular weight excluding hydrogens is 631 g/mol. The van der Waals surface area contributed by atoms with Crippen LogP contribution in [0.1, 0.15) is 38.7 Å². The van der Waals surface area contributed by atoms with Gasteiger partial charge in [-0.25, -0.2) is 18.4 Å². The Bertz CT molecular complexity index is 2070. The highest BCUT2D eigenvalue weighted by Gasteiger charge is 2.44. The van der Waals surface area contributed by atoms with Crippen LogP contribution in [0.5, 0.6) is 0 Å². The van der Waals surface area contributed by atoms with Gasteiger partial charge < -0.3 is 19.8 Å². The summed E-state index contributed by atoms with van der Waals surface area (Å²) in [4.78, 5) is 50.8. The quantitative estimate of drug-likeness (QED) is 0.225. The average Bonchev–Trinajstić information content (AvgIpc) is 3.24. The highest BCUT2D eigenvalue weighted by Crippen LogP contribution is 2.54. The van der Waals surface area contributed by atoms with Gasteiger partial charge in [-0.1, -0.05) is 13.0 Å². The van der Waals surface area contributed by atoms with Crippen molar-refractivity contribution in [3.05, 3.63) is 63.0 Å². The molecule has 0 unspecified atom stereocenters. The van der Waals surface area contributed by atoms with Crippen LogP contribution < -0.4 is 16.3 Å². The highest BCUT2D eigenvalue weighted by atomic mass is 32.2. The van der Waals surface area contributed by atoms with Crippen LogP contribution in [0.4, 0.5) is 27.8 Å². The predicted molar refractivity (Wildman–Crippen MR) is 164 cm³/mol. The molecular formula is C31H29F5N6O3S. The van der Waals surface area contributed by atoms with Gasteiger partial charge in [0.1, 0.15) is 17.2 Å². The molecule has 9 nitrogen and oxygen atoms in total. The van der Waals surface area contributed by atoms with Gasteiger partial charge in [0.25, 0.3) is 0 Å². The monoisotopic (exact) mass is 660 g/mol. The second-order valence-corrected chi connectivity index (χ2v) is 13.6. The molecule has 15 heteroatoms. The average molecular weight is 661 g/mol. The van der Waals surface area contributed by atoms with Crippen molar-refractivity contribution >= 4 is 45.4 Å². The van der Waals surface area contributed by atoms with Crippen molar-refractivity contribution in [2.45, 2.75) is 62.8 Å². The molecule has 242 valence electrons. The minimum absolute atomic E-state index is 0.00442. The van der Waals surface area contributed by atoms with Crippen LogP contribution in [0.25, 0.3) is 33.1 Å². The molecule has 2 aromatic heterocycles. The van der Waals surface area contributed by atoms with Crippen molar-refractivity contribution in [1.82, 2.24) is 24.4 Å². The normalized spacial score (nSPS) is 21.1. The summed E-state index contributed by atoms with van der Waals surface area (Å²) in [7, 11) is 0. The van der Waals surface area contributed by atoms with Gasteiger partial charge in [0.15, 0.2) is 5.82 Å². The molecule has 1 amide bonds. The topological polar surface area (TPSA) is 107 Å². The third-order valence-corrected chi connectivity index (χ3v) is 11.0. The largest absolute Gasteiger partial charge is 0.417 e. The summed E-state index contributed by atoms with van der Waals surface area (Å²) >= 11 is 1.10. The molecule has 0 radical (unpaired) electrons. The lowest BCUT2D eigenvalue weighted by molar-refractivity contribution is -0.137. The zero-order valence-corrected chi connectivity index (χ0v) is 25.7. The first-order valence-corrected chi connectivity index (χ1v) is 15.8. The Morgan fingerprint density at radius 1 is 1.07 bits per heavy atom. The minimum Gasteiger partial charge on any atom is -0.352 e. The Morgan fingerprint density at radius 2 is 1.74 bits per heavy atom. The first-order valence-electron chi connectivity index (χ1n) is 14.8. The smallest absolute Gasteiger partial charge is 0.352 e. The Morgan fingerprint density at radius 3 is 2.35 bits per heavy atom. The molecule has 1 spiro atoms. The Labute approximate surface area is 262 Å². The van der Waals surface area contributed by atoms with E-state index in [-0.39, 0.29) is 64.7 Å². The van der Waals surface area contributed by atoms with E-state index in [1.54, 1.807) is 23.6 Å². The summed E-state index contributed by atoms with van der Waals surface area (Å²) in [5.41, 5.74) is -5.09. The summed E-state index contributed by atoms with van der Waals surface area (Å²) in [6.45, 7) is 7.73. The summed E-state index contributed by atoms with van der Waals surface area (Å²) in [5.74, 6) is -2.33. The van der Waals surface area contributed by atoms with Crippen LogP contribution in [0.3, 0.4) is 0 Å². The summed E-state index contributed by atoms with van der Waals surface area (Å²) < 4.78 is 77.4. The number of anilines is 1. The number of nitrogens with zero attached hydrogens (tertiary/aromatic N) is 4. The van der Waals surface area contributed by atoms with Gasteiger partial charge in [0, 0.05) is 64.9 Å².